The van der Waals surface area contributed by atoms with Crippen molar-refractivity contribution < 1.29 is 19.2 Å². The number of ether oxygens (including phenoxy) is 2. The molecule has 2 aromatic rings. The minimum atomic E-state index is -0.603. The summed E-state index contributed by atoms with van der Waals surface area (Å²) < 4.78 is 10.2. The minimum absolute atomic E-state index is 0.0147. The first-order valence-electron chi connectivity index (χ1n) is 8.65. The van der Waals surface area contributed by atoms with Crippen LogP contribution in [0.1, 0.15) is 37.5 Å². The van der Waals surface area contributed by atoms with Crippen LogP contribution in [0.25, 0.3) is 6.08 Å². The molecule has 0 radical (unpaired) electrons. The van der Waals surface area contributed by atoms with Crippen molar-refractivity contribution in [2.45, 2.75) is 26.2 Å². The van der Waals surface area contributed by atoms with Crippen molar-refractivity contribution in [3.8, 4) is 5.75 Å². The van der Waals surface area contributed by atoms with Crippen LogP contribution in [0.2, 0.25) is 0 Å². The predicted molar refractivity (Wildman–Crippen MR) is 105 cm³/mol. The van der Waals surface area contributed by atoms with Gasteiger partial charge in [-0.1, -0.05) is 39.0 Å². The Morgan fingerprint density at radius 1 is 1.14 bits per heavy atom. The number of aliphatic imine (C=N–C) groups is 1. The monoisotopic (exact) mass is 380 g/mol. The van der Waals surface area contributed by atoms with Crippen LogP contribution in [0.4, 0.5) is 5.69 Å². The number of cyclic esters (lactones) is 1. The Labute approximate surface area is 162 Å². The Morgan fingerprint density at radius 2 is 1.82 bits per heavy atom. The molecule has 0 atom stereocenters. The minimum Gasteiger partial charge on any atom is -0.490 e. The highest BCUT2D eigenvalue weighted by Crippen LogP contribution is 2.29. The van der Waals surface area contributed by atoms with Gasteiger partial charge in [-0.05, 0) is 40.8 Å². The summed E-state index contributed by atoms with van der Waals surface area (Å²) in [7, 11) is 1.36. The van der Waals surface area contributed by atoms with Gasteiger partial charge in [0, 0.05) is 11.6 Å². The fourth-order valence-electron chi connectivity index (χ4n) is 2.74. The van der Waals surface area contributed by atoms with E-state index in [9.17, 15) is 14.9 Å². The van der Waals surface area contributed by atoms with Crippen LogP contribution in [0, 0.1) is 10.1 Å². The highest BCUT2D eigenvalue weighted by molar-refractivity contribution is 6.12. The maximum absolute atomic E-state index is 12.2. The van der Waals surface area contributed by atoms with Crippen LogP contribution in [0.5, 0.6) is 5.75 Å². The molecule has 0 bridgehead atoms. The zero-order valence-corrected chi connectivity index (χ0v) is 16.1. The largest absolute Gasteiger partial charge is 0.490 e. The van der Waals surface area contributed by atoms with E-state index in [2.05, 4.69) is 25.8 Å². The summed E-state index contributed by atoms with van der Waals surface area (Å²) >= 11 is 0. The van der Waals surface area contributed by atoms with Crippen LogP contribution in [-0.4, -0.2) is 23.9 Å². The Kier molecular flexibility index (Phi) is 5.00. The number of carbonyl (C=O) groups is 1. The summed E-state index contributed by atoms with van der Waals surface area (Å²) in [6.07, 6.45) is 1.45. The lowest BCUT2D eigenvalue weighted by Crippen LogP contribution is -2.11. The molecule has 1 heterocycles. The van der Waals surface area contributed by atoms with E-state index in [1.807, 2.05) is 24.3 Å². The fourth-order valence-corrected chi connectivity index (χ4v) is 2.74. The molecule has 0 aromatic heterocycles. The third-order valence-electron chi connectivity index (χ3n) is 4.32. The average Bonchev–Trinajstić information content (AvgIpc) is 3.01. The number of hydrogen-bond donors (Lipinski definition) is 0. The Bertz CT molecular complexity index is 998. The lowest BCUT2D eigenvalue weighted by Gasteiger charge is -2.18. The zero-order chi connectivity index (χ0) is 20.5. The van der Waals surface area contributed by atoms with Crippen molar-refractivity contribution in [3.63, 3.8) is 0 Å². The van der Waals surface area contributed by atoms with Gasteiger partial charge in [-0.15, -0.1) is 0 Å². The van der Waals surface area contributed by atoms with E-state index >= 15 is 0 Å². The van der Waals surface area contributed by atoms with Crippen LogP contribution < -0.4 is 4.74 Å². The Morgan fingerprint density at radius 3 is 2.39 bits per heavy atom. The van der Waals surface area contributed by atoms with Gasteiger partial charge < -0.3 is 9.47 Å². The van der Waals surface area contributed by atoms with Gasteiger partial charge in [0.25, 0.3) is 0 Å². The molecule has 0 fully saturated rings. The third-order valence-corrected chi connectivity index (χ3v) is 4.32. The number of nitrogens with zero attached hydrogens (tertiary/aromatic N) is 2. The molecule has 0 saturated heterocycles. The van der Waals surface area contributed by atoms with Crippen molar-refractivity contribution in [3.05, 3.63) is 75.0 Å². The van der Waals surface area contributed by atoms with Crippen LogP contribution in [-0.2, 0) is 14.9 Å². The maximum Gasteiger partial charge on any atom is 0.363 e. The SMILES string of the molecule is COc1ccc(/C=C2/N=C(c3ccc(C(C)(C)C)cc3)OC2=O)cc1[N+](=O)[O-]. The van der Waals surface area contributed by atoms with E-state index in [0.29, 0.717) is 11.1 Å². The van der Waals surface area contributed by atoms with Crippen molar-refractivity contribution in [1.29, 1.82) is 0 Å². The van der Waals surface area contributed by atoms with E-state index in [0.717, 1.165) is 5.56 Å². The molecule has 1 aliphatic heterocycles. The molecule has 0 aliphatic carbocycles. The summed E-state index contributed by atoms with van der Waals surface area (Å²) in [4.78, 5) is 27.0. The summed E-state index contributed by atoms with van der Waals surface area (Å²) in [5.41, 5.74) is 2.20. The van der Waals surface area contributed by atoms with Crippen molar-refractivity contribution in [2.75, 3.05) is 7.11 Å². The summed E-state index contributed by atoms with van der Waals surface area (Å²) in [5.74, 6) is -0.252. The van der Waals surface area contributed by atoms with Crippen LogP contribution >= 0.6 is 0 Å². The average molecular weight is 380 g/mol. The summed E-state index contributed by atoms with van der Waals surface area (Å²) in [6.45, 7) is 6.35. The van der Waals surface area contributed by atoms with Crippen molar-refractivity contribution in [1.82, 2.24) is 0 Å². The van der Waals surface area contributed by atoms with Gasteiger partial charge in [-0.3, -0.25) is 10.1 Å². The topological polar surface area (TPSA) is 91.0 Å². The number of nitro benzene ring substituents is 1. The van der Waals surface area contributed by atoms with E-state index < -0.39 is 10.9 Å². The van der Waals surface area contributed by atoms with E-state index in [-0.39, 0.29) is 28.4 Å². The molecular formula is C21H20N2O5. The highest BCUT2D eigenvalue weighted by Gasteiger charge is 2.25. The second-order valence-corrected chi connectivity index (χ2v) is 7.35. The number of carbonyl (C=O) groups excluding carboxylic acids is 1. The maximum atomic E-state index is 12.2. The number of hydrogen-bond acceptors (Lipinski definition) is 6. The van der Waals surface area contributed by atoms with Gasteiger partial charge in [-0.2, -0.15) is 0 Å². The lowest BCUT2D eigenvalue weighted by molar-refractivity contribution is -0.385. The predicted octanol–water partition coefficient (Wildman–Crippen LogP) is 4.25. The van der Waals surface area contributed by atoms with Gasteiger partial charge in [0.1, 0.15) is 0 Å². The molecule has 144 valence electrons. The Balaban J connectivity index is 1.92. The molecule has 0 saturated carbocycles. The second kappa shape index (κ2) is 7.26. The number of nitro groups is 1. The number of benzene rings is 2. The molecular weight excluding hydrogens is 360 g/mol. The number of esters is 1. The molecule has 2 aromatic carbocycles. The first-order valence-corrected chi connectivity index (χ1v) is 8.65. The van der Waals surface area contributed by atoms with Crippen LogP contribution in [0.15, 0.2) is 53.2 Å². The van der Waals surface area contributed by atoms with E-state index in [1.54, 1.807) is 6.07 Å². The summed E-state index contributed by atoms with van der Waals surface area (Å²) in [6, 6.07) is 12.1. The molecule has 0 N–H and O–H groups in total. The molecule has 3 rings (SSSR count). The highest BCUT2D eigenvalue weighted by atomic mass is 16.6. The molecule has 0 unspecified atom stereocenters. The van der Waals surface area contributed by atoms with Crippen molar-refractivity contribution in [2.24, 2.45) is 4.99 Å². The normalized spacial score (nSPS) is 15.4. The first kappa shape index (κ1) is 19.3. The summed E-state index contributed by atoms with van der Waals surface area (Å²) in [5, 5.41) is 11.2. The zero-order valence-electron chi connectivity index (χ0n) is 16.1. The van der Waals surface area contributed by atoms with E-state index in [4.69, 9.17) is 9.47 Å². The number of methoxy groups -OCH3 is 1. The van der Waals surface area contributed by atoms with Crippen molar-refractivity contribution >= 4 is 23.6 Å². The quantitative estimate of drug-likeness (QED) is 0.342. The first-order chi connectivity index (χ1) is 13.2. The number of rotatable bonds is 4. The van der Waals surface area contributed by atoms with Gasteiger partial charge in [-0.25, -0.2) is 9.79 Å². The van der Waals surface area contributed by atoms with Gasteiger partial charge in [0.15, 0.2) is 11.4 Å². The Hall–Kier alpha value is -3.48. The smallest absolute Gasteiger partial charge is 0.363 e. The van der Waals surface area contributed by atoms with Gasteiger partial charge >= 0.3 is 11.7 Å². The third kappa shape index (κ3) is 3.93. The second-order valence-electron chi connectivity index (χ2n) is 7.35. The standard InChI is InChI=1S/C21H20N2O5/c1-21(2,3)15-8-6-14(7-9-15)19-22-16(20(24)28-19)11-13-5-10-18(27-4)17(12-13)23(25)26/h5-12H,1-4H3/b16-11+. The van der Waals surface area contributed by atoms with Crippen LogP contribution in [0.3, 0.4) is 0 Å². The molecule has 0 amide bonds. The molecule has 28 heavy (non-hydrogen) atoms. The molecule has 0 spiro atoms. The molecule has 7 heteroatoms. The fraction of sp³-hybridized carbons (Fsp3) is 0.238. The molecule has 7 nitrogen and oxygen atoms in total. The lowest BCUT2D eigenvalue weighted by atomic mass is 9.87. The van der Waals surface area contributed by atoms with E-state index in [1.165, 1.54) is 25.3 Å². The molecule has 1 aliphatic rings. The van der Waals surface area contributed by atoms with Gasteiger partial charge in [0.05, 0.1) is 12.0 Å². The van der Waals surface area contributed by atoms with Gasteiger partial charge in [0.2, 0.25) is 5.90 Å².